The number of halogens is 2. The molecule has 3 atom stereocenters. The molecule has 0 aliphatic heterocycles. The Bertz CT molecular complexity index is 403. The second-order valence-electron chi connectivity index (χ2n) is 4.81. The first-order valence-corrected chi connectivity index (χ1v) is 5.72. The maximum Gasteiger partial charge on any atom is 0.162 e. The highest BCUT2D eigenvalue weighted by Gasteiger charge is 2.33. The molecule has 1 saturated carbocycles. The van der Waals surface area contributed by atoms with E-state index in [1.54, 1.807) is 19.1 Å². The first kappa shape index (κ1) is 11.5. The van der Waals surface area contributed by atoms with E-state index in [-0.39, 0.29) is 17.9 Å². The van der Waals surface area contributed by atoms with E-state index >= 15 is 0 Å². The van der Waals surface area contributed by atoms with Gasteiger partial charge in [0.25, 0.3) is 0 Å². The summed E-state index contributed by atoms with van der Waals surface area (Å²) in [5, 5.41) is 0. The smallest absolute Gasteiger partial charge is 0.162 e. The van der Waals surface area contributed by atoms with Crippen LogP contribution in [0.1, 0.15) is 36.8 Å². The highest BCUT2D eigenvalue weighted by atomic mass is 19.2. The van der Waals surface area contributed by atoms with Crippen LogP contribution in [0.3, 0.4) is 0 Å². The lowest BCUT2D eigenvalue weighted by Crippen LogP contribution is -2.24. The van der Waals surface area contributed by atoms with Crippen LogP contribution in [-0.4, -0.2) is 6.04 Å². The summed E-state index contributed by atoms with van der Waals surface area (Å²) in [5.74, 6) is -1.13. The van der Waals surface area contributed by atoms with Crippen molar-refractivity contribution in [1.29, 1.82) is 0 Å². The summed E-state index contributed by atoms with van der Waals surface area (Å²) < 4.78 is 27.3. The molecular formula is C13H17F2N. The van der Waals surface area contributed by atoms with Gasteiger partial charge >= 0.3 is 0 Å². The van der Waals surface area contributed by atoms with E-state index in [4.69, 9.17) is 5.73 Å². The van der Waals surface area contributed by atoms with Gasteiger partial charge in [0.2, 0.25) is 0 Å². The van der Waals surface area contributed by atoms with Gasteiger partial charge in [-0.3, -0.25) is 0 Å². The average molecular weight is 225 g/mol. The van der Waals surface area contributed by atoms with Crippen molar-refractivity contribution in [2.24, 2.45) is 11.7 Å². The summed E-state index contributed by atoms with van der Waals surface area (Å²) in [6, 6.07) is 3.45. The van der Waals surface area contributed by atoms with Gasteiger partial charge in [0.15, 0.2) is 11.6 Å². The van der Waals surface area contributed by atoms with Crippen LogP contribution >= 0.6 is 0 Å². The number of benzene rings is 1. The second kappa shape index (κ2) is 4.13. The van der Waals surface area contributed by atoms with Crippen LogP contribution in [0.5, 0.6) is 0 Å². The summed E-state index contributed by atoms with van der Waals surface area (Å²) in [6.45, 7) is 3.59. The molecule has 0 saturated heterocycles. The Morgan fingerprint density at radius 3 is 2.44 bits per heavy atom. The second-order valence-corrected chi connectivity index (χ2v) is 4.81. The van der Waals surface area contributed by atoms with E-state index in [1.165, 1.54) is 0 Å². The predicted molar refractivity (Wildman–Crippen MR) is 60.2 cm³/mol. The average Bonchev–Trinajstić information content (AvgIpc) is 2.58. The van der Waals surface area contributed by atoms with Gasteiger partial charge in [-0.05, 0) is 42.7 Å². The molecule has 0 aromatic heterocycles. The minimum atomic E-state index is -0.717. The first-order valence-electron chi connectivity index (χ1n) is 5.72. The number of hydrogen-bond donors (Lipinski definition) is 1. The topological polar surface area (TPSA) is 26.0 Å². The van der Waals surface area contributed by atoms with E-state index in [0.717, 1.165) is 12.8 Å². The Hall–Kier alpha value is -0.960. The zero-order chi connectivity index (χ0) is 11.9. The maximum atomic E-state index is 13.8. The summed E-state index contributed by atoms with van der Waals surface area (Å²) in [6.07, 6.45) is 1.74. The fourth-order valence-corrected chi connectivity index (χ4v) is 2.58. The Balaban J connectivity index is 2.38. The summed E-state index contributed by atoms with van der Waals surface area (Å²) >= 11 is 0. The van der Waals surface area contributed by atoms with Gasteiger partial charge in [0, 0.05) is 6.04 Å². The molecule has 1 aliphatic carbocycles. The molecule has 1 fully saturated rings. The molecule has 1 aliphatic rings. The third-order valence-corrected chi connectivity index (χ3v) is 3.83. The standard InChI is InChI=1S/C13H17F2N/c1-7-3-4-10(13(15)12(7)14)9-5-6-11(16)8(9)2/h3-4,8-9,11H,5-6,16H2,1-2H3. The molecule has 0 heterocycles. The number of hydrogen-bond acceptors (Lipinski definition) is 1. The highest BCUT2D eigenvalue weighted by Crippen LogP contribution is 2.40. The molecule has 2 N–H and O–H groups in total. The molecular weight excluding hydrogens is 208 g/mol. The van der Waals surface area contributed by atoms with Gasteiger partial charge in [-0.2, -0.15) is 0 Å². The Morgan fingerprint density at radius 2 is 1.88 bits per heavy atom. The zero-order valence-electron chi connectivity index (χ0n) is 9.63. The lowest BCUT2D eigenvalue weighted by molar-refractivity contribution is 0.441. The Kier molecular flexibility index (Phi) is 2.98. The summed E-state index contributed by atoms with van der Waals surface area (Å²) in [5.41, 5.74) is 6.75. The fraction of sp³-hybridized carbons (Fsp3) is 0.538. The monoisotopic (exact) mass is 225 g/mol. The van der Waals surface area contributed by atoms with Crippen LogP contribution in [0.15, 0.2) is 12.1 Å². The van der Waals surface area contributed by atoms with Crippen molar-refractivity contribution in [3.05, 3.63) is 34.9 Å². The molecule has 2 rings (SSSR count). The lowest BCUT2D eigenvalue weighted by Gasteiger charge is -2.19. The molecule has 3 unspecified atom stereocenters. The molecule has 0 spiro atoms. The maximum absolute atomic E-state index is 13.8. The van der Waals surface area contributed by atoms with Crippen molar-refractivity contribution in [3.63, 3.8) is 0 Å². The van der Waals surface area contributed by atoms with Crippen molar-refractivity contribution in [2.75, 3.05) is 0 Å². The quantitative estimate of drug-likeness (QED) is 0.780. The van der Waals surface area contributed by atoms with Crippen molar-refractivity contribution in [2.45, 2.75) is 38.6 Å². The molecule has 0 bridgehead atoms. The summed E-state index contributed by atoms with van der Waals surface area (Å²) in [7, 11) is 0. The van der Waals surface area contributed by atoms with E-state index in [9.17, 15) is 8.78 Å². The fourth-order valence-electron chi connectivity index (χ4n) is 2.58. The van der Waals surface area contributed by atoms with Crippen molar-refractivity contribution in [3.8, 4) is 0 Å². The third-order valence-electron chi connectivity index (χ3n) is 3.83. The highest BCUT2D eigenvalue weighted by molar-refractivity contribution is 5.29. The largest absolute Gasteiger partial charge is 0.327 e. The minimum Gasteiger partial charge on any atom is -0.327 e. The van der Waals surface area contributed by atoms with Gasteiger partial charge in [0.05, 0.1) is 0 Å². The lowest BCUT2D eigenvalue weighted by atomic mass is 9.88. The molecule has 1 aromatic carbocycles. The van der Waals surface area contributed by atoms with E-state index < -0.39 is 11.6 Å². The molecule has 0 radical (unpaired) electrons. The Labute approximate surface area is 94.7 Å². The van der Waals surface area contributed by atoms with Gasteiger partial charge < -0.3 is 5.73 Å². The van der Waals surface area contributed by atoms with Crippen LogP contribution in [0, 0.1) is 24.5 Å². The number of nitrogens with two attached hydrogens (primary N) is 1. The van der Waals surface area contributed by atoms with Crippen LogP contribution < -0.4 is 5.73 Å². The SMILES string of the molecule is Cc1ccc(C2CCC(N)C2C)c(F)c1F. The zero-order valence-corrected chi connectivity index (χ0v) is 9.63. The first-order chi connectivity index (χ1) is 7.52. The van der Waals surface area contributed by atoms with E-state index in [0.29, 0.717) is 11.1 Å². The predicted octanol–water partition coefficient (Wildman–Crippen LogP) is 3.11. The van der Waals surface area contributed by atoms with Crippen molar-refractivity contribution >= 4 is 0 Å². The van der Waals surface area contributed by atoms with Crippen LogP contribution in [0.4, 0.5) is 8.78 Å². The van der Waals surface area contributed by atoms with Crippen molar-refractivity contribution < 1.29 is 8.78 Å². The molecule has 1 nitrogen and oxygen atoms in total. The molecule has 0 amide bonds. The van der Waals surface area contributed by atoms with Gasteiger partial charge in [-0.15, -0.1) is 0 Å². The molecule has 16 heavy (non-hydrogen) atoms. The van der Waals surface area contributed by atoms with Crippen LogP contribution in [0.25, 0.3) is 0 Å². The van der Waals surface area contributed by atoms with Crippen LogP contribution in [0.2, 0.25) is 0 Å². The van der Waals surface area contributed by atoms with Crippen molar-refractivity contribution in [1.82, 2.24) is 0 Å². The molecule has 3 heteroatoms. The number of rotatable bonds is 1. The Morgan fingerprint density at radius 1 is 1.19 bits per heavy atom. The molecule has 1 aromatic rings. The normalized spacial score (nSPS) is 29.7. The van der Waals surface area contributed by atoms with E-state index in [1.807, 2.05) is 6.92 Å². The summed E-state index contributed by atoms with van der Waals surface area (Å²) in [4.78, 5) is 0. The third kappa shape index (κ3) is 1.73. The van der Waals surface area contributed by atoms with Gasteiger partial charge in [-0.1, -0.05) is 19.1 Å². The number of aryl methyl sites for hydroxylation is 1. The van der Waals surface area contributed by atoms with Gasteiger partial charge in [-0.25, -0.2) is 8.78 Å². The van der Waals surface area contributed by atoms with E-state index in [2.05, 4.69) is 0 Å². The van der Waals surface area contributed by atoms with Gasteiger partial charge in [0.1, 0.15) is 0 Å². The molecule has 88 valence electrons. The van der Waals surface area contributed by atoms with Crippen LogP contribution in [-0.2, 0) is 0 Å². The minimum absolute atomic E-state index is 0.0603.